The Kier molecular flexibility index (Phi) is 7.77. The summed E-state index contributed by atoms with van der Waals surface area (Å²) in [5.41, 5.74) is 0.729. The van der Waals surface area contributed by atoms with Gasteiger partial charge in [-0.25, -0.2) is 4.39 Å². The molecule has 0 spiro atoms. The quantitative estimate of drug-likeness (QED) is 0.222. The topological polar surface area (TPSA) is 97.6 Å². The van der Waals surface area contributed by atoms with Gasteiger partial charge in [0.1, 0.15) is 6.17 Å². The molecule has 8 nitrogen and oxygen atoms in total. The van der Waals surface area contributed by atoms with Crippen LogP contribution in [0.4, 0.5) is 28.9 Å². The minimum atomic E-state index is -4.61. The van der Waals surface area contributed by atoms with E-state index in [0.717, 1.165) is 18.2 Å². The van der Waals surface area contributed by atoms with Gasteiger partial charge in [-0.2, -0.15) is 18.2 Å². The summed E-state index contributed by atoms with van der Waals surface area (Å²) in [4.78, 5) is 28.8. The Morgan fingerprint density at radius 3 is 2.40 bits per heavy atom. The predicted octanol–water partition coefficient (Wildman–Crippen LogP) is 6.03. The van der Waals surface area contributed by atoms with Crippen LogP contribution in [0.1, 0.15) is 44.6 Å². The van der Waals surface area contributed by atoms with Crippen LogP contribution in [0.25, 0.3) is 22.8 Å². The first-order valence-electron chi connectivity index (χ1n) is 13.1. The van der Waals surface area contributed by atoms with Crippen molar-refractivity contribution in [1.82, 2.24) is 10.1 Å². The Bertz CT molecular complexity index is 1370. The number of alkyl halides is 4. The number of rotatable bonds is 6. The van der Waals surface area contributed by atoms with E-state index >= 15 is 0 Å². The smallest absolute Gasteiger partial charge is 0.393 e. The molecule has 212 valence electrons. The molecule has 1 aromatic heterocycles. The first kappa shape index (κ1) is 27.6. The van der Waals surface area contributed by atoms with Gasteiger partial charge in [-0.05, 0) is 74.6 Å². The first-order valence-corrected chi connectivity index (χ1v) is 13.1. The van der Waals surface area contributed by atoms with Crippen LogP contribution >= 0.6 is 0 Å². The molecule has 2 aromatic carbocycles. The number of hydrogen-bond donors (Lipinski definition) is 1. The van der Waals surface area contributed by atoms with Crippen molar-refractivity contribution in [3.05, 3.63) is 48.0 Å². The Hall–Kier alpha value is -3.96. The number of hydrogen-bond acceptors (Lipinski definition) is 8. The molecule has 0 radical (unpaired) electrons. The van der Waals surface area contributed by atoms with Crippen LogP contribution in [0.5, 0.6) is 0 Å². The number of ether oxygens (including phenoxy) is 1. The second-order valence-electron chi connectivity index (χ2n) is 10.2. The summed E-state index contributed by atoms with van der Waals surface area (Å²) in [5, 5.41) is 7.24. The summed E-state index contributed by atoms with van der Waals surface area (Å²) < 4.78 is 65.4. The molecule has 2 fully saturated rings. The highest BCUT2D eigenvalue weighted by molar-refractivity contribution is 5.85. The van der Waals surface area contributed by atoms with Gasteiger partial charge in [0.05, 0.1) is 11.5 Å². The summed E-state index contributed by atoms with van der Waals surface area (Å²) in [6, 6.07) is 11.0. The molecule has 2 atom stereocenters. The third-order valence-electron chi connectivity index (χ3n) is 7.26. The van der Waals surface area contributed by atoms with E-state index in [1.54, 1.807) is 29.2 Å². The van der Waals surface area contributed by atoms with Crippen LogP contribution in [0, 0.1) is 5.92 Å². The number of carbonyl (C=O) groups excluding carboxylic acids is 2. The molecule has 2 aliphatic rings. The molecule has 1 N–H and O–H groups in total. The van der Waals surface area contributed by atoms with Crippen LogP contribution in [0.3, 0.4) is 0 Å². The van der Waals surface area contributed by atoms with Gasteiger partial charge in [-0.1, -0.05) is 5.16 Å². The summed E-state index contributed by atoms with van der Waals surface area (Å²) in [7, 11) is 0. The number of nitrogens with zero attached hydrogens (tertiary/aromatic N) is 3. The van der Waals surface area contributed by atoms with Gasteiger partial charge in [0.2, 0.25) is 5.82 Å². The highest BCUT2D eigenvalue weighted by Crippen LogP contribution is 2.40. The van der Waals surface area contributed by atoms with Crippen LogP contribution in [-0.4, -0.2) is 47.4 Å². The molecule has 0 amide bonds. The molecule has 3 aromatic rings. The fourth-order valence-corrected chi connectivity index (χ4v) is 5.22. The highest BCUT2D eigenvalue weighted by Gasteiger charge is 2.36. The third kappa shape index (κ3) is 6.26. The molecule has 1 saturated heterocycles. The lowest BCUT2D eigenvalue weighted by Gasteiger charge is -2.32. The molecule has 1 saturated carbocycles. The van der Waals surface area contributed by atoms with Gasteiger partial charge in [-0.3, -0.25) is 9.59 Å². The molecule has 0 unspecified atom stereocenters. The zero-order chi connectivity index (χ0) is 28.4. The minimum Gasteiger partial charge on any atom is -0.393 e. The Morgan fingerprint density at radius 2 is 1.73 bits per heavy atom. The lowest BCUT2D eigenvalue weighted by molar-refractivity contribution is -0.161. The summed E-state index contributed by atoms with van der Waals surface area (Å²) >= 11 is 0. The monoisotopic (exact) mass is 560 g/mol. The van der Waals surface area contributed by atoms with Crippen LogP contribution in [0.2, 0.25) is 0 Å². The molecular formula is C28H28F4N4O4. The Labute approximate surface area is 227 Å². The standard InChI is InChI=1S/C28H28F4N4O4/c1-16(37)39-27(38)19-4-8-22(14-19)33-21-6-2-17(3-7-21)26-34-25(35-40-26)18-5-9-24(23(15-18)28(30,31)32)36-12-10-20(29)11-13-36/h2-3,5-7,9,15,19-20,22,33H,4,8,10-14H2,1H3/t19-,22-/m1/s1. The fourth-order valence-electron chi connectivity index (χ4n) is 5.22. The van der Waals surface area contributed by atoms with E-state index in [9.17, 15) is 27.2 Å². The maximum atomic E-state index is 13.9. The molecular weight excluding hydrogens is 532 g/mol. The van der Waals surface area contributed by atoms with Crippen molar-refractivity contribution in [3.63, 3.8) is 0 Å². The Balaban J connectivity index is 1.27. The van der Waals surface area contributed by atoms with E-state index < -0.39 is 29.9 Å². The van der Waals surface area contributed by atoms with Crippen molar-refractivity contribution in [1.29, 1.82) is 0 Å². The minimum absolute atomic E-state index is 0.0132. The van der Waals surface area contributed by atoms with E-state index in [1.807, 2.05) is 0 Å². The van der Waals surface area contributed by atoms with E-state index in [2.05, 4.69) is 15.5 Å². The van der Waals surface area contributed by atoms with Gasteiger partial charge in [0.25, 0.3) is 5.89 Å². The maximum Gasteiger partial charge on any atom is 0.418 e. The van der Waals surface area contributed by atoms with E-state index in [-0.39, 0.29) is 60.9 Å². The lowest BCUT2D eigenvalue weighted by atomic mass is 10.0. The van der Waals surface area contributed by atoms with Gasteiger partial charge in [0, 0.05) is 48.6 Å². The SMILES string of the molecule is CC(=O)OC(=O)[C@@H]1CC[C@@H](Nc2ccc(-c3nc(-c4ccc(N5CCC(F)CC5)c(C(F)(F)F)c4)no3)cc2)C1. The number of halogens is 4. The lowest BCUT2D eigenvalue weighted by Crippen LogP contribution is -2.35. The van der Waals surface area contributed by atoms with Crippen molar-refractivity contribution < 1.29 is 36.4 Å². The average Bonchev–Trinajstić information content (AvgIpc) is 3.59. The van der Waals surface area contributed by atoms with Crippen LogP contribution in [0.15, 0.2) is 47.0 Å². The van der Waals surface area contributed by atoms with Crippen molar-refractivity contribution in [2.75, 3.05) is 23.3 Å². The normalized spacial score (nSPS) is 20.0. The van der Waals surface area contributed by atoms with E-state index in [1.165, 1.54) is 19.1 Å². The van der Waals surface area contributed by atoms with Crippen molar-refractivity contribution >= 4 is 23.3 Å². The second kappa shape index (κ2) is 11.3. The maximum absolute atomic E-state index is 13.9. The fraction of sp³-hybridized carbons (Fsp3) is 0.429. The third-order valence-corrected chi connectivity index (χ3v) is 7.26. The molecule has 40 heavy (non-hydrogen) atoms. The number of benzene rings is 2. The van der Waals surface area contributed by atoms with Gasteiger partial charge in [0.15, 0.2) is 0 Å². The number of carbonyl (C=O) groups is 2. The number of nitrogens with one attached hydrogen (secondary N) is 1. The van der Waals surface area contributed by atoms with Crippen molar-refractivity contribution in [2.45, 2.75) is 57.4 Å². The van der Waals surface area contributed by atoms with Crippen LogP contribution in [-0.2, 0) is 20.5 Å². The first-order chi connectivity index (χ1) is 19.1. The van der Waals surface area contributed by atoms with Crippen molar-refractivity contribution in [2.24, 2.45) is 5.92 Å². The second-order valence-corrected chi connectivity index (χ2v) is 10.2. The molecule has 12 heteroatoms. The van der Waals surface area contributed by atoms with Gasteiger partial charge >= 0.3 is 18.1 Å². The summed E-state index contributed by atoms with van der Waals surface area (Å²) in [6.07, 6.45) is -3.30. The van der Waals surface area contributed by atoms with Crippen LogP contribution < -0.4 is 10.2 Å². The molecule has 1 aliphatic heterocycles. The highest BCUT2D eigenvalue weighted by atomic mass is 19.4. The molecule has 0 bridgehead atoms. The molecule has 2 heterocycles. The van der Waals surface area contributed by atoms with E-state index in [4.69, 9.17) is 9.26 Å². The predicted molar refractivity (Wildman–Crippen MR) is 138 cm³/mol. The average molecular weight is 561 g/mol. The largest absolute Gasteiger partial charge is 0.418 e. The zero-order valence-corrected chi connectivity index (χ0v) is 21.7. The zero-order valence-electron chi connectivity index (χ0n) is 21.7. The van der Waals surface area contributed by atoms with Gasteiger partial charge < -0.3 is 19.5 Å². The molecule has 1 aliphatic carbocycles. The number of aromatic nitrogens is 2. The Morgan fingerprint density at radius 1 is 1.02 bits per heavy atom. The van der Waals surface area contributed by atoms with Crippen molar-refractivity contribution in [3.8, 4) is 22.8 Å². The van der Waals surface area contributed by atoms with E-state index in [0.29, 0.717) is 18.4 Å². The number of anilines is 2. The summed E-state index contributed by atoms with van der Waals surface area (Å²) in [6.45, 7) is 1.63. The molecule has 5 rings (SSSR count). The number of esters is 2. The summed E-state index contributed by atoms with van der Waals surface area (Å²) in [5.74, 6) is -1.28. The number of piperidine rings is 1. The van der Waals surface area contributed by atoms with Gasteiger partial charge in [-0.15, -0.1) is 0 Å².